The number of sulfonamides is 1. The third-order valence-electron chi connectivity index (χ3n) is 3.87. The van der Waals surface area contributed by atoms with Crippen LogP contribution in [0.5, 0.6) is 0 Å². The van der Waals surface area contributed by atoms with Gasteiger partial charge in [-0.3, -0.25) is 4.90 Å². The van der Waals surface area contributed by atoms with Gasteiger partial charge in [-0.1, -0.05) is 13.0 Å². The van der Waals surface area contributed by atoms with E-state index in [1.807, 2.05) is 13.0 Å². The largest absolute Gasteiger partial charge is 0.294 e. The van der Waals surface area contributed by atoms with Crippen molar-refractivity contribution >= 4 is 32.7 Å². The molecule has 0 spiro atoms. The van der Waals surface area contributed by atoms with E-state index in [1.165, 1.54) is 4.88 Å². The number of hydrogen-bond acceptors (Lipinski definition) is 6. The molecule has 0 atom stereocenters. The quantitative estimate of drug-likeness (QED) is 0.783. The van der Waals surface area contributed by atoms with Crippen molar-refractivity contribution in [2.45, 2.75) is 19.9 Å². The molecule has 5 nitrogen and oxygen atoms in total. The van der Waals surface area contributed by atoms with E-state index in [-0.39, 0.29) is 5.75 Å². The lowest BCUT2D eigenvalue weighted by atomic mass is 10.3. The van der Waals surface area contributed by atoms with Crippen LogP contribution in [-0.4, -0.2) is 54.5 Å². The summed E-state index contributed by atoms with van der Waals surface area (Å²) in [6, 6.07) is 4.12. The lowest BCUT2D eigenvalue weighted by Crippen LogP contribution is -2.48. The van der Waals surface area contributed by atoms with Crippen molar-refractivity contribution in [3.05, 3.63) is 27.9 Å². The maximum Gasteiger partial charge on any atom is 0.214 e. The van der Waals surface area contributed by atoms with Crippen LogP contribution in [-0.2, 0) is 16.6 Å². The first-order chi connectivity index (χ1) is 11.1. The summed E-state index contributed by atoms with van der Waals surface area (Å²) in [5.41, 5.74) is 1.05. The summed E-state index contributed by atoms with van der Waals surface area (Å²) in [5, 5.41) is 5.26. The molecule has 1 fully saturated rings. The molecule has 2 aromatic rings. The van der Waals surface area contributed by atoms with Gasteiger partial charge in [0.1, 0.15) is 5.01 Å². The van der Waals surface area contributed by atoms with Crippen LogP contribution in [0.4, 0.5) is 0 Å². The zero-order chi connectivity index (χ0) is 16.3. The summed E-state index contributed by atoms with van der Waals surface area (Å²) in [6.45, 7) is 5.43. The van der Waals surface area contributed by atoms with Crippen molar-refractivity contribution in [3.8, 4) is 10.6 Å². The molecule has 1 aliphatic heterocycles. The topological polar surface area (TPSA) is 53.5 Å². The van der Waals surface area contributed by atoms with Crippen LogP contribution in [0.25, 0.3) is 10.6 Å². The van der Waals surface area contributed by atoms with E-state index in [0.717, 1.165) is 30.3 Å². The van der Waals surface area contributed by atoms with E-state index in [1.54, 1.807) is 27.0 Å². The van der Waals surface area contributed by atoms with Gasteiger partial charge in [-0.2, -0.15) is 4.31 Å². The van der Waals surface area contributed by atoms with Crippen LogP contribution in [0.1, 0.15) is 18.4 Å². The maximum absolute atomic E-state index is 12.1. The molecule has 3 rings (SSSR count). The highest BCUT2D eigenvalue weighted by atomic mass is 32.2. The number of hydrogen-bond donors (Lipinski definition) is 0. The van der Waals surface area contributed by atoms with Crippen molar-refractivity contribution in [1.29, 1.82) is 0 Å². The van der Waals surface area contributed by atoms with Crippen LogP contribution in [0.15, 0.2) is 22.9 Å². The third-order valence-corrected chi connectivity index (χ3v) is 7.67. The van der Waals surface area contributed by atoms with Gasteiger partial charge in [0.05, 0.1) is 22.9 Å². The highest BCUT2D eigenvalue weighted by molar-refractivity contribution is 7.89. The Labute approximate surface area is 145 Å². The molecule has 1 aliphatic rings. The van der Waals surface area contributed by atoms with Crippen LogP contribution in [0, 0.1) is 0 Å². The monoisotopic (exact) mass is 371 g/mol. The highest BCUT2D eigenvalue weighted by Gasteiger charge is 2.26. The predicted molar refractivity (Wildman–Crippen MR) is 96.4 cm³/mol. The number of aromatic nitrogens is 1. The number of rotatable bonds is 6. The van der Waals surface area contributed by atoms with Crippen molar-refractivity contribution in [1.82, 2.24) is 14.2 Å². The standard InChI is InChI=1S/C15H21N3O2S3/c1-2-10-23(19,20)18-7-5-17(6-8-18)11-15-16-13(12-22-15)14-4-3-9-21-14/h3-4,9,12H,2,5-8,10-11H2,1H3. The van der Waals surface area contributed by atoms with Gasteiger partial charge >= 0.3 is 0 Å². The van der Waals surface area contributed by atoms with Crippen LogP contribution < -0.4 is 0 Å². The summed E-state index contributed by atoms with van der Waals surface area (Å²) >= 11 is 3.38. The Bertz CT molecular complexity index is 717. The van der Waals surface area contributed by atoms with E-state index in [4.69, 9.17) is 4.98 Å². The second kappa shape index (κ2) is 7.40. The first kappa shape index (κ1) is 17.0. The smallest absolute Gasteiger partial charge is 0.214 e. The first-order valence-corrected chi connectivity index (χ1v) is 11.1. The fraction of sp³-hybridized carbons (Fsp3) is 0.533. The molecule has 126 valence electrons. The van der Waals surface area contributed by atoms with Gasteiger partial charge in [0, 0.05) is 31.6 Å². The SMILES string of the molecule is CCCS(=O)(=O)N1CCN(Cc2nc(-c3cccs3)cs2)CC1. The van der Waals surface area contributed by atoms with Gasteiger partial charge in [-0.05, 0) is 17.9 Å². The summed E-state index contributed by atoms with van der Waals surface area (Å²) in [6.07, 6.45) is 0.674. The molecule has 3 heterocycles. The van der Waals surface area contributed by atoms with E-state index < -0.39 is 10.0 Å². The summed E-state index contributed by atoms with van der Waals surface area (Å²) < 4.78 is 25.8. The molecule has 8 heteroatoms. The van der Waals surface area contributed by atoms with Crippen LogP contribution >= 0.6 is 22.7 Å². The summed E-state index contributed by atoms with van der Waals surface area (Å²) in [5.74, 6) is 0.254. The zero-order valence-electron chi connectivity index (χ0n) is 13.1. The molecule has 2 aromatic heterocycles. The van der Waals surface area contributed by atoms with Crippen LogP contribution in [0.2, 0.25) is 0 Å². The van der Waals surface area contributed by atoms with E-state index >= 15 is 0 Å². The average Bonchev–Trinajstić information content (AvgIpc) is 3.18. The molecule has 0 radical (unpaired) electrons. The fourth-order valence-corrected chi connectivity index (χ4v) is 5.76. The minimum Gasteiger partial charge on any atom is -0.294 e. The van der Waals surface area contributed by atoms with Crippen molar-refractivity contribution in [2.75, 3.05) is 31.9 Å². The molecule has 0 N–H and O–H groups in total. The second-order valence-electron chi connectivity index (χ2n) is 5.59. The molecule has 1 saturated heterocycles. The van der Waals surface area contributed by atoms with Gasteiger partial charge in [-0.25, -0.2) is 13.4 Å². The van der Waals surface area contributed by atoms with E-state index in [0.29, 0.717) is 19.5 Å². The lowest BCUT2D eigenvalue weighted by Gasteiger charge is -2.33. The summed E-state index contributed by atoms with van der Waals surface area (Å²) in [7, 11) is -3.06. The predicted octanol–water partition coefficient (Wildman–Crippen LogP) is 2.73. The van der Waals surface area contributed by atoms with Gasteiger partial charge in [0.25, 0.3) is 0 Å². The number of nitrogens with zero attached hydrogens (tertiary/aromatic N) is 3. The average molecular weight is 372 g/mol. The molecule has 0 aliphatic carbocycles. The highest BCUT2D eigenvalue weighted by Crippen LogP contribution is 2.26. The Morgan fingerprint density at radius 2 is 2.00 bits per heavy atom. The first-order valence-electron chi connectivity index (χ1n) is 7.77. The molecule has 0 bridgehead atoms. The fourth-order valence-electron chi connectivity index (χ4n) is 2.67. The second-order valence-corrected chi connectivity index (χ2v) is 9.57. The molecule has 0 unspecified atom stereocenters. The van der Waals surface area contributed by atoms with Crippen LogP contribution in [0.3, 0.4) is 0 Å². The van der Waals surface area contributed by atoms with Crippen molar-refractivity contribution in [3.63, 3.8) is 0 Å². The van der Waals surface area contributed by atoms with Gasteiger partial charge < -0.3 is 0 Å². The Morgan fingerprint density at radius 3 is 2.65 bits per heavy atom. The van der Waals surface area contributed by atoms with Crippen molar-refractivity contribution in [2.24, 2.45) is 0 Å². The molecular weight excluding hydrogens is 350 g/mol. The molecule has 0 aromatic carbocycles. The van der Waals surface area contributed by atoms with E-state index in [2.05, 4.69) is 21.7 Å². The molecule has 0 amide bonds. The minimum absolute atomic E-state index is 0.254. The maximum atomic E-state index is 12.1. The minimum atomic E-state index is -3.06. The van der Waals surface area contributed by atoms with Crippen molar-refractivity contribution < 1.29 is 8.42 Å². The Balaban J connectivity index is 1.55. The molecule has 0 saturated carbocycles. The summed E-state index contributed by atoms with van der Waals surface area (Å²) in [4.78, 5) is 8.18. The Hall–Kier alpha value is -0.800. The normalized spacial score (nSPS) is 17.6. The Morgan fingerprint density at radius 1 is 1.22 bits per heavy atom. The molecule has 23 heavy (non-hydrogen) atoms. The number of thiophene rings is 1. The van der Waals surface area contributed by atoms with Gasteiger partial charge in [0.15, 0.2) is 0 Å². The van der Waals surface area contributed by atoms with Gasteiger partial charge in [-0.15, -0.1) is 22.7 Å². The number of thiazole rings is 1. The Kier molecular flexibility index (Phi) is 5.48. The molecular formula is C15H21N3O2S3. The van der Waals surface area contributed by atoms with E-state index in [9.17, 15) is 8.42 Å². The zero-order valence-corrected chi connectivity index (χ0v) is 15.6. The number of piperazine rings is 1. The third kappa shape index (κ3) is 4.19. The lowest BCUT2D eigenvalue weighted by molar-refractivity contribution is 0.181. The van der Waals surface area contributed by atoms with Gasteiger partial charge in [0.2, 0.25) is 10.0 Å².